The second kappa shape index (κ2) is 11.9. The summed E-state index contributed by atoms with van der Waals surface area (Å²) in [5.74, 6) is -3.30. The van der Waals surface area contributed by atoms with Crippen molar-refractivity contribution < 1.29 is 44.7 Å². The van der Waals surface area contributed by atoms with Crippen LogP contribution in [0.1, 0.15) is 64.4 Å². The van der Waals surface area contributed by atoms with Crippen LogP contribution in [0.5, 0.6) is 0 Å². The van der Waals surface area contributed by atoms with Crippen molar-refractivity contribution in [3.63, 3.8) is 0 Å². The van der Waals surface area contributed by atoms with Crippen LogP contribution in [-0.4, -0.2) is 30.7 Å². The van der Waals surface area contributed by atoms with Crippen LogP contribution in [0.3, 0.4) is 0 Å². The van der Waals surface area contributed by atoms with Crippen molar-refractivity contribution in [1.82, 2.24) is 0 Å². The zero-order chi connectivity index (χ0) is 31.9. The second-order valence-corrected chi connectivity index (χ2v) is 11.4. The average Bonchev–Trinajstić information content (AvgIpc) is 3.75. The first kappa shape index (κ1) is 32.4. The fourth-order valence-electron chi connectivity index (χ4n) is 4.57. The number of nitrogens with one attached hydrogen (secondary N) is 1. The number of hydrogen-bond donors (Lipinski definition) is 1. The fraction of sp³-hybridized carbons (Fsp3) is 0.333. The number of carbonyl (C=O) groups excluding carboxylic acids is 2. The topological polar surface area (TPSA) is 49.4 Å². The van der Waals surface area contributed by atoms with Crippen molar-refractivity contribution in [2.45, 2.75) is 50.6 Å². The second-order valence-electron chi connectivity index (χ2n) is 10.5. The minimum absolute atomic E-state index is 0.142. The summed E-state index contributed by atoms with van der Waals surface area (Å²) in [5, 5.41) is 2.34. The van der Waals surface area contributed by atoms with E-state index in [2.05, 4.69) is 21.2 Å². The molecule has 0 saturated heterocycles. The lowest BCUT2D eigenvalue weighted by Crippen LogP contribution is -2.50. The summed E-state index contributed by atoms with van der Waals surface area (Å²) >= 11 is 2.87. The minimum atomic E-state index is -6.34. The Balaban J connectivity index is 1.73. The van der Waals surface area contributed by atoms with Crippen molar-refractivity contribution in [3.8, 4) is 0 Å². The molecule has 0 aromatic heterocycles. The molecule has 1 fully saturated rings. The number of benzene rings is 3. The standard InChI is InChI=1S/C30H25BrF8N2O2/c1-16(2)21-13-19(28(33,29(34,35)36)30(37,38)39)14-22(31)25(21)40-26(42)20-9-6-10-23(24(20)32)41(15-17-11-12-17)27(43)18-7-4-3-5-8-18/h3-10,13-14,16-17H,11-12,15H2,1-2H3,(H,40,42). The van der Waals surface area contributed by atoms with Gasteiger partial charge in [0.1, 0.15) is 0 Å². The SMILES string of the molecule is CC(C)c1cc(C(F)(C(F)(F)F)C(F)(F)F)cc(Br)c1NC(=O)c1cccc(N(CC2CC2)C(=O)c2ccccc2)c1F. The van der Waals surface area contributed by atoms with Crippen molar-refractivity contribution in [3.05, 3.63) is 93.2 Å². The first-order chi connectivity index (χ1) is 20.0. The Bertz CT molecular complexity index is 1510. The van der Waals surface area contributed by atoms with Crippen LogP contribution in [-0.2, 0) is 5.67 Å². The normalized spacial score (nSPS) is 14.1. The fourth-order valence-corrected chi connectivity index (χ4v) is 5.15. The molecule has 0 aliphatic heterocycles. The summed E-state index contributed by atoms with van der Waals surface area (Å²) in [6, 6.07) is 12.6. The summed E-state index contributed by atoms with van der Waals surface area (Å²) in [4.78, 5) is 27.8. The van der Waals surface area contributed by atoms with E-state index < -0.39 is 57.2 Å². The molecule has 3 aromatic carbocycles. The first-order valence-corrected chi connectivity index (χ1v) is 13.9. The van der Waals surface area contributed by atoms with Gasteiger partial charge in [-0.3, -0.25) is 9.59 Å². The monoisotopic (exact) mass is 676 g/mol. The number of halogens is 9. The van der Waals surface area contributed by atoms with Gasteiger partial charge in [-0.2, -0.15) is 26.3 Å². The number of amides is 2. The van der Waals surface area contributed by atoms with E-state index in [4.69, 9.17) is 0 Å². The van der Waals surface area contributed by atoms with Gasteiger partial charge in [-0.1, -0.05) is 38.1 Å². The molecule has 1 aliphatic rings. The van der Waals surface area contributed by atoms with Gasteiger partial charge in [-0.25, -0.2) is 8.78 Å². The third kappa shape index (κ3) is 6.41. The van der Waals surface area contributed by atoms with Gasteiger partial charge in [0, 0.05) is 22.1 Å². The molecule has 0 heterocycles. The maximum absolute atomic E-state index is 15.9. The van der Waals surface area contributed by atoms with E-state index in [1.165, 1.54) is 30.9 Å². The van der Waals surface area contributed by atoms with Gasteiger partial charge in [0.15, 0.2) is 5.82 Å². The predicted octanol–water partition coefficient (Wildman–Crippen LogP) is 9.31. The van der Waals surface area contributed by atoms with Crippen molar-refractivity contribution in [2.75, 3.05) is 16.8 Å². The Morgan fingerprint density at radius 3 is 2.07 bits per heavy atom. The zero-order valence-corrected chi connectivity index (χ0v) is 24.3. The third-order valence-electron chi connectivity index (χ3n) is 7.08. The number of alkyl halides is 7. The maximum Gasteiger partial charge on any atom is 0.435 e. The van der Waals surface area contributed by atoms with E-state index in [0.29, 0.717) is 11.6 Å². The number of hydrogen-bond acceptors (Lipinski definition) is 2. The van der Waals surface area contributed by atoms with E-state index >= 15 is 4.39 Å². The number of nitrogens with zero attached hydrogens (tertiary/aromatic N) is 1. The molecule has 1 N–H and O–H groups in total. The van der Waals surface area contributed by atoms with Crippen LogP contribution < -0.4 is 10.2 Å². The largest absolute Gasteiger partial charge is 0.435 e. The van der Waals surface area contributed by atoms with Crippen molar-refractivity contribution >= 4 is 39.1 Å². The van der Waals surface area contributed by atoms with Crippen LogP contribution in [0.2, 0.25) is 0 Å². The summed E-state index contributed by atoms with van der Waals surface area (Å²) in [6.45, 7) is 3.02. The van der Waals surface area contributed by atoms with Crippen LogP contribution in [0.25, 0.3) is 0 Å². The molecule has 0 atom stereocenters. The third-order valence-corrected chi connectivity index (χ3v) is 7.70. The summed E-state index contributed by atoms with van der Waals surface area (Å²) in [6.07, 6.45) is -11.0. The summed E-state index contributed by atoms with van der Waals surface area (Å²) in [7, 11) is 0. The predicted molar refractivity (Wildman–Crippen MR) is 148 cm³/mol. The molecule has 0 bridgehead atoms. The summed E-state index contributed by atoms with van der Waals surface area (Å²) in [5.41, 5.74) is -8.37. The van der Waals surface area contributed by atoms with Crippen LogP contribution in [0, 0.1) is 11.7 Å². The molecule has 4 rings (SSSR count). The maximum atomic E-state index is 15.9. The van der Waals surface area contributed by atoms with Gasteiger partial charge in [-0.05, 0) is 82.6 Å². The average molecular weight is 677 g/mol. The molecular formula is C30H25BrF8N2O2. The first-order valence-electron chi connectivity index (χ1n) is 13.1. The molecule has 2 amide bonds. The lowest BCUT2D eigenvalue weighted by molar-refractivity contribution is -0.348. The molecule has 1 aliphatic carbocycles. The molecule has 13 heteroatoms. The van der Waals surface area contributed by atoms with Gasteiger partial charge < -0.3 is 10.2 Å². The van der Waals surface area contributed by atoms with Gasteiger partial charge in [0.05, 0.1) is 16.9 Å². The molecule has 43 heavy (non-hydrogen) atoms. The summed E-state index contributed by atoms with van der Waals surface area (Å²) < 4.78 is 111. The van der Waals surface area contributed by atoms with E-state index in [-0.39, 0.29) is 35.5 Å². The molecule has 3 aromatic rings. The molecule has 1 saturated carbocycles. The molecule has 0 unspecified atom stereocenters. The van der Waals surface area contributed by atoms with Crippen LogP contribution in [0.4, 0.5) is 46.5 Å². The highest BCUT2D eigenvalue weighted by Gasteiger charge is 2.73. The Labute approximate surface area is 250 Å². The Hall–Kier alpha value is -3.48. The smallest absolute Gasteiger partial charge is 0.321 e. The van der Waals surface area contributed by atoms with Crippen LogP contribution in [0.15, 0.2) is 65.1 Å². The molecule has 4 nitrogen and oxygen atoms in total. The van der Waals surface area contributed by atoms with E-state index in [0.717, 1.165) is 18.9 Å². The van der Waals surface area contributed by atoms with Crippen molar-refractivity contribution in [2.24, 2.45) is 5.92 Å². The number of carbonyl (C=O) groups is 2. The van der Waals surface area contributed by atoms with Gasteiger partial charge in [0.25, 0.3) is 11.8 Å². The Kier molecular flexibility index (Phi) is 8.97. The molecular weight excluding hydrogens is 652 g/mol. The number of rotatable bonds is 8. The minimum Gasteiger partial charge on any atom is -0.321 e. The van der Waals surface area contributed by atoms with Crippen LogP contribution >= 0.6 is 15.9 Å². The zero-order valence-electron chi connectivity index (χ0n) is 22.7. The molecule has 230 valence electrons. The highest BCUT2D eigenvalue weighted by atomic mass is 79.9. The van der Waals surface area contributed by atoms with Gasteiger partial charge in [-0.15, -0.1) is 0 Å². The van der Waals surface area contributed by atoms with E-state index in [9.17, 15) is 40.3 Å². The van der Waals surface area contributed by atoms with E-state index in [1.54, 1.807) is 30.3 Å². The van der Waals surface area contributed by atoms with Gasteiger partial charge in [0.2, 0.25) is 0 Å². The lowest BCUT2D eigenvalue weighted by atomic mass is 9.89. The quantitative estimate of drug-likeness (QED) is 0.242. The molecule has 0 radical (unpaired) electrons. The number of anilines is 2. The highest BCUT2D eigenvalue weighted by Crippen LogP contribution is 2.54. The highest BCUT2D eigenvalue weighted by molar-refractivity contribution is 9.10. The Morgan fingerprint density at radius 2 is 1.53 bits per heavy atom. The van der Waals surface area contributed by atoms with E-state index in [1.807, 2.05) is 0 Å². The molecule has 0 spiro atoms. The van der Waals surface area contributed by atoms with Crippen molar-refractivity contribution in [1.29, 1.82) is 0 Å². The lowest BCUT2D eigenvalue weighted by Gasteiger charge is -2.31. The van der Waals surface area contributed by atoms with Gasteiger partial charge >= 0.3 is 18.0 Å². The Morgan fingerprint density at radius 1 is 0.930 bits per heavy atom.